The fraction of sp³-hybridized carbons (Fsp3) is 0.154. The van der Waals surface area contributed by atoms with Gasteiger partial charge < -0.3 is 14.2 Å². The van der Waals surface area contributed by atoms with Gasteiger partial charge in [-0.05, 0) is 25.1 Å². The Hall–Kier alpha value is -2.63. The number of aromatic carboxylic acids is 1. The molecule has 19 heavy (non-hydrogen) atoms. The number of aromatic nitrogens is 3. The molecule has 2 heterocycles. The van der Waals surface area contributed by atoms with Crippen LogP contribution in [-0.4, -0.2) is 25.8 Å². The van der Waals surface area contributed by atoms with Crippen LogP contribution in [0.15, 0.2) is 28.8 Å². The van der Waals surface area contributed by atoms with Gasteiger partial charge in [-0.15, -0.1) is 0 Å². The summed E-state index contributed by atoms with van der Waals surface area (Å²) in [5.74, 6) is 0.225. The first kappa shape index (κ1) is 11.5. The van der Waals surface area contributed by atoms with Crippen molar-refractivity contribution in [2.45, 2.75) is 6.92 Å². The minimum Gasteiger partial charge on any atom is -0.476 e. The van der Waals surface area contributed by atoms with Gasteiger partial charge in [0.2, 0.25) is 0 Å². The Morgan fingerprint density at radius 1 is 1.37 bits per heavy atom. The van der Waals surface area contributed by atoms with Gasteiger partial charge in [0.25, 0.3) is 0 Å². The lowest BCUT2D eigenvalue weighted by molar-refractivity contribution is 0.0686. The van der Waals surface area contributed by atoms with Crippen molar-refractivity contribution in [1.29, 1.82) is 0 Å². The SMILES string of the molecule is Cc1nc2cc(-c3cc(C(=O)O)no3)ccc2n1C. The number of hydrogen-bond acceptors (Lipinski definition) is 4. The number of carboxylic acid groups (broad SMARTS) is 1. The summed E-state index contributed by atoms with van der Waals surface area (Å²) in [4.78, 5) is 15.2. The van der Waals surface area contributed by atoms with E-state index in [1.807, 2.05) is 36.7 Å². The van der Waals surface area contributed by atoms with Crippen molar-refractivity contribution in [1.82, 2.24) is 14.7 Å². The molecule has 6 heteroatoms. The fourth-order valence-corrected chi connectivity index (χ4v) is 1.99. The van der Waals surface area contributed by atoms with Crippen LogP contribution in [0.3, 0.4) is 0 Å². The summed E-state index contributed by atoms with van der Waals surface area (Å²) in [6.07, 6.45) is 0. The summed E-state index contributed by atoms with van der Waals surface area (Å²) in [5, 5.41) is 12.3. The summed E-state index contributed by atoms with van der Waals surface area (Å²) >= 11 is 0. The van der Waals surface area contributed by atoms with Crippen LogP contribution in [0.4, 0.5) is 0 Å². The van der Waals surface area contributed by atoms with Gasteiger partial charge in [-0.25, -0.2) is 9.78 Å². The van der Waals surface area contributed by atoms with Gasteiger partial charge in [-0.1, -0.05) is 5.16 Å². The molecule has 0 aliphatic carbocycles. The second-order valence-electron chi connectivity index (χ2n) is 4.30. The Morgan fingerprint density at radius 2 is 2.16 bits per heavy atom. The average molecular weight is 257 g/mol. The van der Waals surface area contributed by atoms with Crippen molar-refractivity contribution < 1.29 is 14.4 Å². The number of fused-ring (bicyclic) bond motifs is 1. The molecule has 3 aromatic rings. The van der Waals surface area contributed by atoms with Crippen LogP contribution in [0, 0.1) is 6.92 Å². The molecule has 0 amide bonds. The van der Waals surface area contributed by atoms with Gasteiger partial charge in [-0.3, -0.25) is 0 Å². The van der Waals surface area contributed by atoms with Crippen LogP contribution >= 0.6 is 0 Å². The molecule has 0 fully saturated rings. The molecule has 1 N–H and O–H groups in total. The van der Waals surface area contributed by atoms with Gasteiger partial charge in [0.15, 0.2) is 11.5 Å². The van der Waals surface area contributed by atoms with Crippen molar-refractivity contribution in [2.75, 3.05) is 0 Å². The smallest absolute Gasteiger partial charge is 0.358 e. The minimum absolute atomic E-state index is 0.104. The maximum absolute atomic E-state index is 10.8. The molecule has 3 rings (SSSR count). The first-order chi connectivity index (χ1) is 9.06. The molecule has 0 atom stereocenters. The molecule has 0 radical (unpaired) electrons. The number of benzene rings is 1. The Labute approximate surface area is 108 Å². The predicted molar refractivity (Wildman–Crippen MR) is 67.9 cm³/mol. The highest BCUT2D eigenvalue weighted by atomic mass is 16.5. The summed E-state index contributed by atoms with van der Waals surface area (Å²) in [6.45, 7) is 1.93. The van der Waals surface area contributed by atoms with Gasteiger partial charge in [0, 0.05) is 18.7 Å². The number of nitrogens with zero attached hydrogens (tertiary/aromatic N) is 3. The van der Waals surface area contributed by atoms with Gasteiger partial charge in [-0.2, -0.15) is 0 Å². The number of imidazole rings is 1. The van der Waals surface area contributed by atoms with E-state index in [2.05, 4.69) is 10.1 Å². The summed E-state index contributed by atoms with van der Waals surface area (Å²) in [6, 6.07) is 7.04. The van der Waals surface area contributed by atoms with Crippen LogP contribution in [0.5, 0.6) is 0 Å². The van der Waals surface area contributed by atoms with Crippen LogP contribution < -0.4 is 0 Å². The zero-order chi connectivity index (χ0) is 13.6. The van der Waals surface area contributed by atoms with E-state index in [1.165, 1.54) is 6.07 Å². The van der Waals surface area contributed by atoms with Crippen molar-refractivity contribution in [3.8, 4) is 11.3 Å². The third kappa shape index (κ3) is 1.77. The maximum Gasteiger partial charge on any atom is 0.358 e. The summed E-state index contributed by atoms with van der Waals surface area (Å²) < 4.78 is 7.02. The molecule has 96 valence electrons. The van der Waals surface area contributed by atoms with Crippen LogP contribution in [-0.2, 0) is 7.05 Å². The van der Waals surface area contributed by atoms with Gasteiger partial charge in [0.1, 0.15) is 5.82 Å². The maximum atomic E-state index is 10.8. The number of aryl methyl sites for hydroxylation is 2. The lowest BCUT2D eigenvalue weighted by atomic mass is 10.1. The van der Waals surface area contributed by atoms with Crippen molar-refractivity contribution in [3.05, 3.63) is 35.8 Å². The van der Waals surface area contributed by atoms with Crippen molar-refractivity contribution >= 4 is 17.0 Å². The quantitative estimate of drug-likeness (QED) is 0.761. The molecular weight excluding hydrogens is 246 g/mol. The van der Waals surface area contributed by atoms with E-state index >= 15 is 0 Å². The largest absolute Gasteiger partial charge is 0.476 e. The van der Waals surface area contributed by atoms with E-state index in [0.717, 1.165) is 22.4 Å². The van der Waals surface area contributed by atoms with E-state index in [-0.39, 0.29) is 5.69 Å². The van der Waals surface area contributed by atoms with E-state index in [0.29, 0.717) is 5.76 Å². The molecule has 0 aliphatic heterocycles. The number of carboxylic acids is 1. The molecule has 0 saturated carbocycles. The molecule has 0 bridgehead atoms. The summed E-state index contributed by atoms with van der Waals surface area (Å²) in [5.41, 5.74) is 2.50. The van der Waals surface area contributed by atoms with Crippen LogP contribution in [0.2, 0.25) is 0 Å². The highest BCUT2D eigenvalue weighted by Gasteiger charge is 2.13. The molecular formula is C13H11N3O3. The predicted octanol–water partition coefficient (Wildman–Crippen LogP) is 2.23. The lowest BCUT2D eigenvalue weighted by Crippen LogP contribution is -1.94. The van der Waals surface area contributed by atoms with E-state index < -0.39 is 5.97 Å². The zero-order valence-corrected chi connectivity index (χ0v) is 10.4. The normalized spacial score (nSPS) is 11.1. The highest BCUT2D eigenvalue weighted by Crippen LogP contribution is 2.25. The van der Waals surface area contributed by atoms with Crippen LogP contribution in [0.1, 0.15) is 16.3 Å². The molecule has 0 saturated heterocycles. The Balaban J connectivity index is 2.12. The van der Waals surface area contributed by atoms with E-state index in [1.54, 1.807) is 0 Å². The van der Waals surface area contributed by atoms with Crippen molar-refractivity contribution in [2.24, 2.45) is 7.05 Å². The Bertz CT molecular complexity index is 786. The van der Waals surface area contributed by atoms with Gasteiger partial charge >= 0.3 is 5.97 Å². The monoisotopic (exact) mass is 257 g/mol. The second-order valence-corrected chi connectivity index (χ2v) is 4.30. The number of hydrogen-bond donors (Lipinski definition) is 1. The molecule has 0 unspecified atom stereocenters. The molecule has 1 aromatic carbocycles. The Kier molecular flexibility index (Phi) is 2.38. The third-order valence-corrected chi connectivity index (χ3v) is 3.12. The standard InChI is InChI=1S/C13H11N3O3/c1-7-14-9-5-8(3-4-11(9)16(7)2)12-6-10(13(17)18)15-19-12/h3-6H,1-2H3,(H,17,18). The molecule has 0 spiro atoms. The third-order valence-electron chi connectivity index (χ3n) is 3.12. The number of rotatable bonds is 2. The Morgan fingerprint density at radius 3 is 2.84 bits per heavy atom. The minimum atomic E-state index is -1.11. The van der Waals surface area contributed by atoms with Crippen LogP contribution in [0.25, 0.3) is 22.4 Å². The molecule has 0 aliphatic rings. The summed E-state index contributed by atoms with van der Waals surface area (Å²) in [7, 11) is 1.95. The zero-order valence-electron chi connectivity index (χ0n) is 10.4. The first-order valence-corrected chi connectivity index (χ1v) is 5.70. The second kappa shape index (κ2) is 3.94. The lowest BCUT2D eigenvalue weighted by Gasteiger charge is -1.97. The molecule has 2 aromatic heterocycles. The number of carbonyl (C=O) groups is 1. The highest BCUT2D eigenvalue weighted by molar-refractivity contribution is 5.87. The van der Waals surface area contributed by atoms with E-state index in [9.17, 15) is 4.79 Å². The van der Waals surface area contributed by atoms with E-state index in [4.69, 9.17) is 9.63 Å². The average Bonchev–Trinajstić information content (AvgIpc) is 2.96. The van der Waals surface area contributed by atoms with Crippen molar-refractivity contribution in [3.63, 3.8) is 0 Å². The van der Waals surface area contributed by atoms with Gasteiger partial charge in [0.05, 0.1) is 11.0 Å². The first-order valence-electron chi connectivity index (χ1n) is 5.70. The fourth-order valence-electron chi connectivity index (χ4n) is 1.99. The molecule has 6 nitrogen and oxygen atoms in total. The topological polar surface area (TPSA) is 81.2 Å².